The Kier molecular flexibility index (Phi) is 3.52. The van der Waals surface area contributed by atoms with Crippen LogP contribution >= 0.6 is 11.3 Å². The smallest absolute Gasteiger partial charge is 0.213 e. The predicted octanol–water partition coefficient (Wildman–Crippen LogP) is 4.14. The Morgan fingerprint density at radius 2 is 2.15 bits per heavy atom. The third-order valence-corrected chi connectivity index (χ3v) is 3.84. The summed E-state index contributed by atoms with van der Waals surface area (Å²) in [6.07, 6.45) is 1.75. The first-order chi connectivity index (χ1) is 9.76. The van der Waals surface area contributed by atoms with Crippen LogP contribution in [0.4, 0.5) is 10.8 Å². The number of nitrogens with zero attached hydrogens (tertiary/aromatic N) is 2. The number of rotatable bonds is 4. The van der Waals surface area contributed by atoms with Crippen molar-refractivity contribution in [3.05, 3.63) is 42.1 Å². The molecule has 0 bridgehead atoms. The van der Waals surface area contributed by atoms with Crippen molar-refractivity contribution in [3.63, 3.8) is 0 Å². The van der Waals surface area contributed by atoms with Crippen LogP contribution in [-0.2, 0) is 0 Å². The molecule has 20 heavy (non-hydrogen) atoms. The first-order valence-electron chi connectivity index (χ1n) is 6.48. The quantitative estimate of drug-likeness (QED) is 0.782. The summed E-state index contributed by atoms with van der Waals surface area (Å²) < 4.78 is 6.51. The number of nitrogens with one attached hydrogen (secondary N) is 1. The largest absolute Gasteiger partial charge is 0.478 e. The molecule has 2 heterocycles. The second-order valence-corrected chi connectivity index (χ2v) is 5.41. The lowest BCUT2D eigenvalue weighted by Gasteiger charge is -2.04. The first-order valence-corrected chi connectivity index (χ1v) is 7.30. The molecule has 3 aromatic rings. The number of fused-ring (bicyclic) bond motifs is 1. The number of anilines is 2. The molecule has 5 heteroatoms. The van der Waals surface area contributed by atoms with Gasteiger partial charge in [0.05, 0.1) is 28.7 Å². The third-order valence-electron chi connectivity index (χ3n) is 2.90. The number of aromatic nitrogens is 2. The lowest BCUT2D eigenvalue weighted by Crippen LogP contribution is -1.95. The fourth-order valence-electron chi connectivity index (χ4n) is 1.95. The van der Waals surface area contributed by atoms with Crippen LogP contribution in [0.5, 0.6) is 5.88 Å². The summed E-state index contributed by atoms with van der Waals surface area (Å²) in [5, 5.41) is 4.15. The van der Waals surface area contributed by atoms with Crippen LogP contribution in [0.1, 0.15) is 12.5 Å². The van der Waals surface area contributed by atoms with Gasteiger partial charge in [-0.2, -0.15) is 0 Å². The van der Waals surface area contributed by atoms with Crippen molar-refractivity contribution in [2.75, 3.05) is 11.9 Å². The zero-order chi connectivity index (χ0) is 13.9. The van der Waals surface area contributed by atoms with E-state index in [1.165, 1.54) is 10.3 Å². The van der Waals surface area contributed by atoms with Crippen LogP contribution in [0.2, 0.25) is 0 Å². The number of hydrogen-bond donors (Lipinski definition) is 1. The van der Waals surface area contributed by atoms with Gasteiger partial charge < -0.3 is 10.1 Å². The Morgan fingerprint density at radius 1 is 1.25 bits per heavy atom. The van der Waals surface area contributed by atoms with E-state index in [0.717, 1.165) is 16.3 Å². The highest BCUT2D eigenvalue weighted by Crippen LogP contribution is 2.29. The number of thiazole rings is 1. The molecular weight excluding hydrogens is 270 g/mol. The van der Waals surface area contributed by atoms with Gasteiger partial charge >= 0.3 is 0 Å². The molecule has 0 spiro atoms. The Labute approximate surface area is 121 Å². The monoisotopic (exact) mass is 285 g/mol. The summed E-state index contributed by atoms with van der Waals surface area (Å²) in [4.78, 5) is 8.84. The van der Waals surface area contributed by atoms with Gasteiger partial charge in [0.1, 0.15) is 0 Å². The van der Waals surface area contributed by atoms with Gasteiger partial charge in [0.2, 0.25) is 5.88 Å². The van der Waals surface area contributed by atoms with E-state index in [1.807, 2.05) is 19.1 Å². The topological polar surface area (TPSA) is 47.0 Å². The van der Waals surface area contributed by atoms with Crippen LogP contribution < -0.4 is 10.1 Å². The summed E-state index contributed by atoms with van der Waals surface area (Å²) in [7, 11) is 0. The number of ether oxygens (including phenoxy) is 1. The number of aryl methyl sites for hydroxylation is 1. The molecule has 3 rings (SSSR count). The normalized spacial score (nSPS) is 10.7. The van der Waals surface area contributed by atoms with E-state index < -0.39 is 0 Å². The van der Waals surface area contributed by atoms with Gasteiger partial charge in [-0.15, -0.1) is 0 Å². The van der Waals surface area contributed by atoms with E-state index in [0.29, 0.717) is 12.5 Å². The van der Waals surface area contributed by atoms with E-state index in [1.54, 1.807) is 17.5 Å². The van der Waals surface area contributed by atoms with Crippen LogP contribution in [-0.4, -0.2) is 16.6 Å². The van der Waals surface area contributed by atoms with Gasteiger partial charge in [-0.1, -0.05) is 23.5 Å². The number of benzene rings is 1. The molecule has 0 radical (unpaired) electrons. The maximum atomic E-state index is 5.32. The van der Waals surface area contributed by atoms with Crippen LogP contribution in [0.3, 0.4) is 0 Å². The van der Waals surface area contributed by atoms with Crippen molar-refractivity contribution in [3.8, 4) is 5.88 Å². The highest BCUT2D eigenvalue weighted by molar-refractivity contribution is 7.22. The molecule has 0 saturated carbocycles. The summed E-state index contributed by atoms with van der Waals surface area (Å²) in [5.41, 5.74) is 3.15. The molecule has 102 valence electrons. The molecule has 0 aliphatic carbocycles. The van der Waals surface area contributed by atoms with E-state index in [9.17, 15) is 0 Å². The molecule has 0 amide bonds. The van der Waals surface area contributed by atoms with Crippen LogP contribution in [0.25, 0.3) is 10.2 Å². The summed E-state index contributed by atoms with van der Waals surface area (Å²) >= 11 is 1.64. The van der Waals surface area contributed by atoms with Crippen molar-refractivity contribution in [1.82, 2.24) is 9.97 Å². The van der Waals surface area contributed by atoms with Gasteiger partial charge in [-0.05, 0) is 31.5 Å². The van der Waals surface area contributed by atoms with Crippen molar-refractivity contribution < 1.29 is 4.74 Å². The van der Waals surface area contributed by atoms with Gasteiger partial charge in [-0.25, -0.2) is 9.97 Å². The van der Waals surface area contributed by atoms with Crippen LogP contribution in [0.15, 0.2) is 36.5 Å². The first kappa shape index (κ1) is 12.9. The Morgan fingerprint density at radius 3 is 2.85 bits per heavy atom. The van der Waals surface area contributed by atoms with E-state index in [-0.39, 0.29) is 0 Å². The van der Waals surface area contributed by atoms with Crippen molar-refractivity contribution in [2.45, 2.75) is 13.8 Å². The summed E-state index contributed by atoms with van der Waals surface area (Å²) in [6, 6.07) is 10.0. The van der Waals surface area contributed by atoms with Crippen molar-refractivity contribution in [2.24, 2.45) is 0 Å². The summed E-state index contributed by atoms with van der Waals surface area (Å²) in [6.45, 7) is 4.64. The summed E-state index contributed by atoms with van der Waals surface area (Å²) in [5.74, 6) is 0.637. The molecule has 1 aromatic carbocycles. The molecule has 0 atom stereocenters. The fraction of sp³-hybridized carbons (Fsp3) is 0.200. The lowest BCUT2D eigenvalue weighted by molar-refractivity contribution is 0.327. The highest BCUT2D eigenvalue weighted by Gasteiger charge is 2.06. The number of pyridine rings is 1. The second kappa shape index (κ2) is 5.46. The van der Waals surface area contributed by atoms with Gasteiger partial charge in [-0.3, -0.25) is 0 Å². The van der Waals surface area contributed by atoms with Gasteiger partial charge in [0, 0.05) is 6.07 Å². The molecule has 0 fully saturated rings. The van der Waals surface area contributed by atoms with Gasteiger partial charge in [0.15, 0.2) is 5.13 Å². The lowest BCUT2D eigenvalue weighted by atomic mass is 10.2. The second-order valence-electron chi connectivity index (χ2n) is 4.38. The minimum Gasteiger partial charge on any atom is -0.478 e. The maximum Gasteiger partial charge on any atom is 0.213 e. The minimum absolute atomic E-state index is 0.622. The zero-order valence-corrected chi connectivity index (χ0v) is 12.2. The highest BCUT2D eigenvalue weighted by atomic mass is 32.1. The number of hydrogen-bond acceptors (Lipinski definition) is 5. The molecule has 0 saturated heterocycles. The average molecular weight is 285 g/mol. The molecule has 2 aromatic heterocycles. The zero-order valence-electron chi connectivity index (χ0n) is 11.4. The van der Waals surface area contributed by atoms with Crippen molar-refractivity contribution >= 4 is 32.4 Å². The standard InChI is InChI=1S/C15H15N3OS/c1-3-19-13-8-7-11(9-16-13)17-15-18-14-10(2)5-4-6-12(14)20-15/h4-9H,3H2,1-2H3,(H,17,18). The molecule has 4 nitrogen and oxygen atoms in total. The van der Waals surface area contributed by atoms with E-state index in [4.69, 9.17) is 4.74 Å². The molecule has 1 N–H and O–H groups in total. The maximum absolute atomic E-state index is 5.32. The fourth-order valence-corrected chi connectivity index (χ4v) is 2.91. The molecule has 0 aliphatic rings. The Balaban J connectivity index is 1.83. The molecule has 0 unspecified atom stereocenters. The van der Waals surface area contributed by atoms with E-state index in [2.05, 4.69) is 40.4 Å². The molecule has 0 aliphatic heterocycles. The third kappa shape index (κ3) is 2.58. The molecular formula is C15H15N3OS. The average Bonchev–Trinajstić information content (AvgIpc) is 2.85. The minimum atomic E-state index is 0.622. The van der Waals surface area contributed by atoms with Gasteiger partial charge in [0.25, 0.3) is 0 Å². The van der Waals surface area contributed by atoms with E-state index >= 15 is 0 Å². The Hall–Kier alpha value is -2.14. The Bertz CT molecular complexity index is 722. The van der Waals surface area contributed by atoms with Crippen molar-refractivity contribution in [1.29, 1.82) is 0 Å². The SMILES string of the molecule is CCOc1ccc(Nc2nc3c(C)cccc3s2)cn1. The predicted molar refractivity (Wildman–Crippen MR) is 83.0 cm³/mol. The number of para-hydroxylation sites is 1. The van der Waals surface area contributed by atoms with Crippen LogP contribution in [0, 0.1) is 6.92 Å².